The third-order valence-electron chi connectivity index (χ3n) is 4.17. The molecule has 0 aromatic rings. The molecule has 1 saturated carbocycles. The summed E-state index contributed by atoms with van der Waals surface area (Å²) in [5.41, 5.74) is 0.179. The van der Waals surface area contributed by atoms with Gasteiger partial charge in [-0.1, -0.05) is 0 Å². The van der Waals surface area contributed by atoms with Gasteiger partial charge in [-0.25, -0.2) is 0 Å². The summed E-state index contributed by atoms with van der Waals surface area (Å²) in [5.74, 6) is -0.230. The Balaban J connectivity index is 1.63. The molecule has 3 fully saturated rings. The molecule has 0 radical (unpaired) electrons. The van der Waals surface area contributed by atoms with Gasteiger partial charge in [0.15, 0.2) is 5.79 Å². The zero-order chi connectivity index (χ0) is 10.2. The van der Waals surface area contributed by atoms with E-state index in [0.29, 0.717) is 0 Å². The molecule has 0 amide bonds. The van der Waals surface area contributed by atoms with E-state index in [-0.39, 0.29) is 11.4 Å². The summed E-state index contributed by atoms with van der Waals surface area (Å²) < 4.78 is 17.5. The van der Waals surface area contributed by atoms with Crippen molar-refractivity contribution in [3.8, 4) is 0 Å². The van der Waals surface area contributed by atoms with Crippen LogP contribution in [0.4, 0.5) is 0 Å². The minimum absolute atomic E-state index is 0.179. The highest BCUT2D eigenvalue weighted by Gasteiger charge is 2.47. The van der Waals surface area contributed by atoms with Crippen LogP contribution in [0.25, 0.3) is 0 Å². The first-order valence-electron chi connectivity index (χ1n) is 6.25. The molecule has 15 heavy (non-hydrogen) atoms. The van der Waals surface area contributed by atoms with E-state index in [1.54, 1.807) is 0 Å². The first-order chi connectivity index (χ1) is 7.33. The van der Waals surface area contributed by atoms with Crippen molar-refractivity contribution in [3.05, 3.63) is 0 Å². The van der Waals surface area contributed by atoms with E-state index in [1.807, 2.05) is 0 Å². The lowest BCUT2D eigenvalue weighted by Crippen LogP contribution is -2.46. The highest BCUT2D eigenvalue weighted by atomic mass is 16.7. The molecule has 3 nitrogen and oxygen atoms in total. The van der Waals surface area contributed by atoms with E-state index in [0.717, 1.165) is 45.5 Å². The quantitative estimate of drug-likeness (QED) is 0.616. The van der Waals surface area contributed by atoms with Gasteiger partial charge in [-0.15, -0.1) is 0 Å². The monoisotopic (exact) mass is 212 g/mol. The van der Waals surface area contributed by atoms with Crippen molar-refractivity contribution in [2.45, 2.75) is 56.3 Å². The standard InChI is InChI=1S/C12H20O3/c1-2-8-13-11(3-1)4-6-12(7-5-11)14-9-10-15-12/h1-10H2. The Labute approximate surface area is 91.1 Å². The van der Waals surface area contributed by atoms with Gasteiger partial charge in [-0.3, -0.25) is 0 Å². The fourth-order valence-corrected chi connectivity index (χ4v) is 3.18. The zero-order valence-electron chi connectivity index (χ0n) is 9.30. The van der Waals surface area contributed by atoms with Crippen LogP contribution in [0.5, 0.6) is 0 Å². The van der Waals surface area contributed by atoms with Crippen LogP contribution in [0, 0.1) is 0 Å². The molecule has 86 valence electrons. The van der Waals surface area contributed by atoms with Crippen LogP contribution in [0.3, 0.4) is 0 Å². The van der Waals surface area contributed by atoms with Crippen molar-refractivity contribution in [1.29, 1.82) is 0 Å². The van der Waals surface area contributed by atoms with Crippen LogP contribution in [-0.2, 0) is 14.2 Å². The summed E-state index contributed by atoms with van der Waals surface area (Å²) in [6, 6.07) is 0. The Hall–Kier alpha value is -0.120. The van der Waals surface area contributed by atoms with Crippen molar-refractivity contribution in [3.63, 3.8) is 0 Å². The SMILES string of the molecule is C1CCC2(CCC3(CC2)OCCO3)OC1. The molecule has 2 heterocycles. The largest absolute Gasteiger partial charge is 0.375 e. The highest BCUT2D eigenvalue weighted by molar-refractivity contribution is 4.93. The second kappa shape index (κ2) is 3.72. The maximum atomic E-state index is 6.00. The fourth-order valence-electron chi connectivity index (χ4n) is 3.18. The summed E-state index contributed by atoms with van der Waals surface area (Å²) in [7, 11) is 0. The molecule has 0 aromatic heterocycles. The number of rotatable bonds is 0. The Morgan fingerprint density at radius 3 is 1.93 bits per heavy atom. The number of hydrogen-bond acceptors (Lipinski definition) is 3. The molecular weight excluding hydrogens is 192 g/mol. The zero-order valence-corrected chi connectivity index (χ0v) is 9.30. The first kappa shape index (κ1) is 10.1. The smallest absolute Gasteiger partial charge is 0.168 e. The maximum absolute atomic E-state index is 6.00. The molecule has 3 heteroatoms. The minimum Gasteiger partial charge on any atom is -0.375 e. The van der Waals surface area contributed by atoms with Crippen LogP contribution in [0.1, 0.15) is 44.9 Å². The average molecular weight is 212 g/mol. The molecule has 0 N–H and O–H groups in total. The third-order valence-corrected chi connectivity index (χ3v) is 4.17. The molecule has 0 unspecified atom stereocenters. The molecule has 2 aliphatic heterocycles. The summed E-state index contributed by atoms with van der Waals surface area (Å²) in [4.78, 5) is 0. The summed E-state index contributed by atoms with van der Waals surface area (Å²) in [5, 5.41) is 0. The molecular formula is C12H20O3. The van der Waals surface area contributed by atoms with Gasteiger partial charge in [0.05, 0.1) is 18.8 Å². The molecule has 0 aromatic carbocycles. The first-order valence-corrected chi connectivity index (χ1v) is 6.25. The third kappa shape index (κ3) is 1.81. The lowest BCUT2D eigenvalue weighted by Gasteiger charge is -2.45. The van der Waals surface area contributed by atoms with Gasteiger partial charge in [0.2, 0.25) is 0 Å². The Morgan fingerprint density at radius 2 is 1.33 bits per heavy atom. The van der Waals surface area contributed by atoms with Gasteiger partial charge in [-0.2, -0.15) is 0 Å². The lowest BCUT2D eigenvalue weighted by atomic mass is 9.77. The van der Waals surface area contributed by atoms with Gasteiger partial charge in [0, 0.05) is 19.4 Å². The van der Waals surface area contributed by atoms with E-state index in [4.69, 9.17) is 14.2 Å². The van der Waals surface area contributed by atoms with Gasteiger partial charge in [0.25, 0.3) is 0 Å². The normalized spacial score (nSPS) is 33.6. The van der Waals surface area contributed by atoms with Crippen LogP contribution >= 0.6 is 0 Å². The van der Waals surface area contributed by atoms with Gasteiger partial charge < -0.3 is 14.2 Å². The topological polar surface area (TPSA) is 27.7 Å². The second-order valence-electron chi connectivity index (χ2n) is 5.10. The highest BCUT2D eigenvalue weighted by Crippen LogP contribution is 2.45. The summed E-state index contributed by atoms with van der Waals surface area (Å²) in [6.07, 6.45) is 8.08. The van der Waals surface area contributed by atoms with Gasteiger partial charge in [0.1, 0.15) is 0 Å². The van der Waals surface area contributed by atoms with E-state index >= 15 is 0 Å². The van der Waals surface area contributed by atoms with E-state index in [2.05, 4.69) is 0 Å². The van der Waals surface area contributed by atoms with E-state index < -0.39 is 0 Å². The van der Waals surface area contributed by atoms with Crippen molar-refractivity contribution < 1.29 is 14.2 Å². The Kier molecular flexibility index (Phi) is 2.49. The summed E-state index contributed by atoms with van der Waals surface area (Å²) >= 11 is 0. The lowest BCUT2D eigenvalue weighted by molar-refractivity contribution is -0.216. The van der Waals surface area contributed by atoms with E-state index in [1.165, 1.54) is 19.3 Å². The minimum atomic E-state index is -0.230. The van der Waals surface area contributed by atoms with Crippen LogP contribution in [0.2, 0.25) is 0 Å². The molecule has 2 saturated heterocycles. The van der Waals surface area contributed by atoms with Crippen molar-refractivity contribution in [2.24, 2.45) is 0 Å². The molecule has 2 spiro atoms. The fraction of sp³-hybridized carbons (Fsp3) is 1.00. The molecule has 0 bridgehead atoms. The molecule has 0 atom stereocenters. The second-order valence-corrected chi connectivity index (χ2v) is 5.10. The van der Waals surface area contributed by atoms with Crippen LogP contribution in [0.15, 0.2) is 0 Å². The Bertz CT molecular complexity index is 215. The van der Waals surface area contributed by atoms with Crippen molar-refractivity contribution in [2.75, 3.05) is 19.8 Å². The average Bonchev–Trinajstić information content (AvgIpc) is 2.74. The molecule has 3 aliphatic rings. The predicted octanol–water partition coefficient (Wildman–Crippen LogP) is 2.24. The predicted molar refractivity (Wildman–Crippen MR) is 55.6 cm³/mol. The summed E-state index contributed by atoms with van der Waals surface area (Å²) in [6.45, 7) is 2.50. The number of hydrogen-bond donors (Lipinski definition) is 0. The molecule has 1 aliphatic carbocycles. The van der Waals surface area contributed by atoms with Gasteiger partial charge in [-0.05, 0) is 32.1 Å². The molecule has 3 rings (SSSR count). The van der Waals surface area contributed by atoms with Crippen LogP contribution < -0.4 is 0 Å². The van der Waals surface area contributed by atoms with Crippen molar-refractivity contribution in [1.82, 2.24) is 0 Å². The maximum Gasteiger partial charge on any atom is 0.168 e. The Morgan fingerprint density at radius 1 is 0.600 bits per heavy atom. The van der Waals surface area contributed by atoms with Gasteiger partial charge >= 0.3 is 0 Å². The van der Waals surface area contributed by atoms with Crippen molar-refractivity contribution >= 4 is 0 Å². The number of ether oxygens (including phenoxy) is 3. The van der Waals surface area contributed by atoms with Crippen LogP contribution in [-0.4, -0.2) is 31.2 Å². The van der Waals surface area contributed by atoms with E-state index in [9.17, 15) is 0 Å².